The zero-order valence-electron chi connectivity index (χ0n) is 14.7. The Bertz CT molecular complexity index is 800. The van der Waals surface area contributed by atoms with E-state index in [0.29, 0.717) is 30.1 Å². The second-order valence-electron chi connectivity index (χ2n) is 6.27. The minimum Gasteiger partial charge on any atom is -0.462 e. The van der Waals surface area contributed by atoms with E-state index in [2.05, 4.69) is 26.3 Å². The molecule has 0 aliphatic heterocycles. The van der Waals surface area contributed by atoms with Crippen LogP contribution in [0.2, 0.25) is 0 Å². The van der Waals surface area contributed by atoms with Crippen molar-refractivity contribution in [2.24, 2.45) is 0 Å². The van der Waals surface area contributed by atoms with Crippen LogP contribution in [0.3, 0.4) is 0 Å². The molecule has 0 fully saturated rings. The topological polar surface area (TPSA) is 73.2 Å². The first-order chi connectivity index (χ1) is 12.6. The molecular formula is C18H22BrN3O3S. The number of aromatic nitrogens is 2. The molecule has 0 saturated carbocycles. The quantitative estimate of drug-likeness (QED) is 0.656. The molecule has 0 atom stereocenters. The van der Waals surface area contributed by atoms with Crippen LogP contribution in [0.4, 0.5) is 5.00 Å². The van der Waals surface area contributed by atoms with E-state index < -0.39 is 0 Å². The maximum atomic E-state index is 12.5. The normalized spacial score (nSPS) is 13.3. The number of esters is 1. The van der Waals surface area contributed by atoms with Gasteiger partial charge < -0.3 is 10.1 Å². The molecule has 26 heavy (non-hydrogen) atoms. The molecule has 6 nitrogen and oxygen atoms in total. The summed E-state index contributed by atoms with van der Waals surface area (Å²) in [4.78, 5) is 26.1. The second-order valence-corrected chi connectivity index (χ2v) is 8.29. The highest BCUT2D eigenvalue weighted by Gasteiger charge is 2.27. The summed E-state index contributed by atoms with van der Waals surface area (Å²) < 4.78 is 7.94. The molecule has 3 rings (SSSR count). The van der Waals surface area contributed by atoms with Crippen molar-refractivity contribution in [3.05, 3.63) is 32.9 Å². The smallest absolute Gasteiger partial charge is 0.341 e. The van der Waals surface area contributed by atoms with Crippen LogP contribution in [-0.2, 0) is 28.9 Å². The van der Waals surface area contributed by atoms with Gasteiger partial charge in [-0.15, -0.1) is 11.3 Å². The van der Waals surface area contributed by atoms with Crippen molar-refractivity contribution in [1.29, 1.82) is 0 Å². The van der Waals surface area contributed by atoms with Gasteiger partial charge in [-0.05, 0) is 53.6 Å². The molecule has 140 valence electrons. The summed E-state index contributed by atoms with van der Waals surface area (Å²) in [5.41, 5.74) is 1.63. The number of ether oxygens (including phenoxy) is 1. The number of amides is 1. The molecule has 2 heterocycles. The number of rotatable bonds is 7. The van der Waals surface area contributed by atoms with Gasteiger partial charge in [0.2, 0.25) is 5.91 Å². The predicted molar refractivity (Wildman–Crippen MR) is 105 cm³/mol. The SMILES string of the molecule is CCCOC(=O)c1c(NC(=O)CCn2cc(Br)cn2)sc2c1CCCC2. The van der Waals surface area contributed by atoms with Gasteiger partial charge >= 0.3 is 5.97 Å². The summed E-state index contributed by atoms with van der Waals surface area (Å²) in [7, 11) is 0. The molecule has 1 N–H and O–H groups in total. The fraction of sp³-hybridized carbons (Fsp3) is 0.500. The van der Waals surface area contributed by atoms with Crippen molar-refractivity contribution in [3.8, 4) is 0 Å². The van der Waals surface area contributed by atoms with Crippen LogP contribution in [-0.4, -0.2) is 28.3 Å². The third-order valence-electron chi connectivity index (χ3n) is 4.24. The number of nitrogens with one attached hydrogen (secondary N) is 1. The van der Waals surface area contributed by atoms with E-state index in [0.717, 1.165) is 42.1 Å². The van der Waals surface area contributed by atoms with Crippen molar-refractivity contribution in [1.82, 2.24) is 9.78 Å². The van der Waals surface area contributed by atoms with Gasteiger partial charge in [-0.1, -0.05) is 6.92 Å². The average Bonchev–Trinajstić information content (AvgIpc) is 3.20. The number of aryl methyl sites for hydroxylation is 2. The number of carbonyl (C=O) groups excluding carboxylic acids is 2. The summed E-state index contributed by atoms with van der Waals surface area (Å²) in [5.74, 6) is -0.447. The summed E-state index contributed by atoms with van der Waals surface area (Å²) in [6.45, 7) is 2.84. The van der Waals surface area contributed by atoms with Crippen molar-refractivity contribution in [3.63, 3.8) is 0 Å². The van der Waals surface area contributed by atoms with E-state index in [9.17, 15) is 9.59 Å². The van der Waals surface area contributed by atoms with Gasteiger partial charge in [0.25, 0.3) is 0 Å². The molecule has 0 spiro atoms. The largest absolute Gasteiger partial charge is 0.462 e. The first-order valence-electron chi connectivity index (χ1n) is 8.88. The zero-order valence-corrected chi connectivity index (χ0v) is 17.1. The van der Waals surface area contributed by atoms with E-state index in [1.54, 1.807) is 10.9 Å². The Hall–Kier alpha value is -1.67. The third-order valence-corrected chi connectivity index (χ3v) is 5.85. The summed E-state index contributed by atoms with van der Waals surface area (Å²) in [5, 5.41) is 7.70. The molecule has 0 radical (unpaired) electrons. The van der Waals surface area contributed by atoms with E-state index in [1.165, 1.54) is 16.2 Å². The van der Waals surface area contributed by atoms with Gasteiger partial charge in [0.1, 0.15) is 5.00 Å². The van der Waals surface area contributed by atoms with Crippen molar-refractivity contribution in [2.45, 2.75) is 52.0 Å². The number of hydrogen-bond acceptors (Lipinski definition) is 5. The summed E-state index contributed by atoms with van der Waals surface area (Å²) in [6.07, 6.45) is 8.61. The summed E-state index contributed by atoms with van der Waals surface area (Å²) >= 11 is 4.85. The monoisotopic (exact) mass is 439 g/mol. The van der Waals surface area contributed by atoms with E-state index in [4.69, 9.17) is 4.74 Å². The van der Waals surface area contributed by atoms with Crippen LogP contribution >= 0.6 is 27.3 Å². The minimum atomic E-state index is -0.322. The molecule has 0 aromatic carbocycles. The fourth-order valence-electron chi connectivity index (χ4n) is 3.00. The lowest BCUT2D eigenvalue weighted by Gasteiger charge is -2.12. The number of anilines is 1. The maximum absolute atomic E-state index is 12.5. The Morgan fingerprint density at radius 3 is 2.92 bits per heavy atom. The van der Waals surface area contributed by atoms with Gasteiger partial charge in [-0.3, -0.25) is 9.48 Å². The zero-order chi connectivity index (χ0) is 18.5. The molecule has 2 aromatic heterocycles. The third kappa shape index (κ3) is 4.54. The van der Waals surface area contributed by atoms with Gasteiger partial charge in [-0.25, -0.2) is 4.79 Å². The molecular weight excluding hydrogens is 418 g/mol. The highest BCUT2D eigenvalue weighted by atomic mass is 79.9. The Kier molecular flexibility index (Phi) is 6.48. The number of fused-ring (bicyclic) bond motifs is 1. The number of hydrogen-bond donors (Lipinski definition) is 1. The Balaban J connectivity index is 1.72. The molecule has 0 unspecified atom stereocenters. The first kappa shape index (κ1) is 19.1. The van der Waals surface area contributed by atoms with Crippen LogP contribution in [0.25, 0.3) is 0 Å². The molecule has 1 aliphatic carbocycles. The average molecular weight is 440 g/mol. The number of carbonyl (C=O) groups is 2. The van der Waals surface area contributed by atoms with Crippen LogP contribution in [0.15, 0.2) is 16.9 Å². The first-order valence-corrected chi connectivity index (χ1v) is 10.5. The lowest BCUT2D eigenvalue weighted by atomic mass is 9.95. The Morgan fingerprint density at radius 2 is 2.19 bits per heavy atom. The van der Waals surface area contributed by atoms with E-state index in [-0.39, 0.29) is 11.9 Å². The predicted octanol–water partition coefficient (Wildman–Crippen LogP) is 4.18. The van der Waals surface area contributed by atoms with Crippen LogP contribution < -0.4 is 5.32 Å². The standard InChI is InChI=1S/C18H22BrN3O3S/c1-2-9-25-18(24)16-13-5-3-4-6-14(13)26-17(16)21-15(23)7-8-22-11-12(19)10-20-22/h10-11H,2-9H2,1H3,(H,21,23). The molecule has 8 heteroatoms. The lowest BCUT2D eigenvalue weighted by molar-refractivity contribution is -0.116. The van der Waals surface area contributed by atoms with Gasteiger partial charge in [-0.2, -0.15) is 5.10 Å². The Labute approximate surface area is 165 Å². The number of nitrogens with zero attached hydrogens (tertiary/aromatic N) is 2. The van der Waals surface area contributed by atoms with Crippen molar-refractivity contribution < 1.29 is 14.3 Å². The fourth-order valence-corrected chi connectivity index (χ4v) is 4.62. The van der Waals surface area contributed by atoms with Crippen LogP contribution in [0, 0.1) is 0 Å². The minimum absolute atomic E-state index is 0.125. The second kappa shape index (κ2) is 8.81. The number of halogens is 1. The molecule has 1 aliphatic rings. The molecule has 0 saturated heterocycles. The highest BCUT2D eigenvalue weighted by molar-refractivity contribution is 9.10. The van der Waals surface area contributed by atoms with E-state index in [1.807, 2.05) is 13.1 Å². The summed E-state index contributed by atoms with van der Waals surface area (Å²) in [6, 6.07) is 0. The van der Waals surface area contributed by atoms with Gasteiger partial charge in [0, 0.05) is 24.0 Å². The molecule has 1 amide bonds. The van der Waals surface area contributed by atoms with Crippen molar-refractivity contribution >= 4 is 44.1 Å². The van der Waals surface area contributed by atoms with Crippen LogP contribution in [0.5, 0.6) is 0 Å². The van der Waals surface area contributed by atoms with Crippen molar-refractivity contribution in [2.75, 3.05) is 11.9 Å². The van der Waals surface area contributed by atoms with Gasteiger partial charge in [0.05, 0.1) is 22.8 Å². The lowest BCUT2D eigenvalue weighted by Crippen LogP contribution is -2.17. The Morgan fingerprint density at radius 1 is 1.38 bits per heavy atom. The highest BCUT2D eigenvalue weighted by Crippen LogP contribution is 2.38. The molecule has 0 bridgehead atoms. The maximum Gasteiger partial charge on any atom is 0.341 e. The number of thiophene rings is 1. The molecule has 2 aromatic rings. The van der Waals surface area contributed by atoms with E-state index >= 15 is 0 Å². The van der Waals surface area contributed by atoms with Gasteiger partial charge in [0.15, 0.2) is 0 Å². The van der Waals surface area contributed by atoms with Crippen LogP contribution in [0.1, 0.15) is 53.4 Å².